The maximum absolute atomic E-state index is 11.4. The highest BCUT2D eigenvalue weighted by Crippen LogP contribution is 2.43. The number of hydrogen-bond donors (Lipinski definition) is 1. The standard InChI is InChI=1S/C19H29NO3/c1-12(2)7-14-11-20-6-5-13-8-18(22-3)19(23-4)9-15(13)16(20)10-17(14)21/h8-9,12,14,16-17,21H,5-7,10-11H2,1-4H3/i1D3,4D3,7D2,10D2,11D2,12D,14D,16D,17D. The van der Waals surface area contributed by atoms with E-state index in [-0.39, 0.29) is 17.7 Å². The molecular formula is C19H29NO3. The number of methoxy groups -OCH3 is 2. The van der Waals surface area contributed by atoms with Gasteiger partial charge in [0.05, 0.1) is 27.1 Å². The molecule has 128 valence electrons. The van der Waals surface area contributed by atoms with Gasteiger partial charge in [-0.15, -0.1) is 0 Å². The lowest BCUT2D eigenvalue weighted by atomic mass is 9.79. The van der Waals surface area contributed by atoms with Gasteiger partial charge in [0, 0.05) is 34.1 Å². The van der Waals surface area contributed by atoms with Crippen LogP contribution in [0.25, 0.3) is 0 Å². The third-order valence-corrected chi connectivity index (χ3v) is 3.66. The van der Waals surface area contributed by atoms with Gasteiger partial charge in [-0.25, -0.2) is 0 Å². The van der Waals surface area contributed by atoms with E-state index in [1.165, 1.54) is 13.2 Å². The SMILES string of the molecule is [2H]C([2H])([2H])Oc1cc2c(cc1OC)CCN1C([2H])([2H])C([2H])(C([2H])([2H])C([2H])(C)C([2H])([2H])[2H])C([2H])(O)C([2H])([2H])C21[2H]. The molecule has 1 aromatic carbocycles. The molecule has 1 aromatic rings. The lowest BCUT2D eigenvalue weighted by molar-refractivity contribution is -0.0191. The molecule has 1 fully saturated rings. The van der Waals surface area contributed by atoms with Gasteiger partial charge in [-0.2, -0.15) is 0 Å². The van der Waals surface area contributed by atoms with Crippen molar-refractivity contribution in [3.63, 3.8) is 0 Å². The maximum atomic E-state index is 11.4. The number of ether oxygens (including phenoxy) is 2. The quantitative estimate of drug-likeness (QED) is 0.918. The summed E-state index contributed by atoms with van der Waals surface area (Å²) >= 11 is 0. The van der Waals surface area contributed by atoms with E-state index in [1.54, 1.807) is 0 Å². The lowest BCUT2D eigenvalue weighted by Crippen LogP contribution is -2.48. The number of piperidine rings is 1. The Morgan fingerprint density at radius 2 is 2.39 bits per heavy atom. The Labute approximate surface area is 161 Å². The third-order valence-electron chi connectivity index (χ3n) is 3.66. The number of rotatable bonds is 4. The van der Waals surface area contributed by atoms with Crippen LogP contribution in [0.2, 0.25) is 0 Å². The molecule has 3 rings (SSSR count). The molecule has 2 aliphatic heterocycles. The predicted molar refractivity (Wildman–Crippen MR) is 91.1 cm³/mol. The molecule has 4 unspecified atom stereocenters. The van der Waals surface area contributed by atoms with Crippen LogP contribution in [-0.2, 0) is 6.42 Å². The van der Waals surface area contributed by atoms with E-state index in [2.05, 4.69) is 0 Å². The van der Waals surface area contributed by atoms with Crippen molar-refractivity contribution in [2.75, 3.05) is 27.2 Å². The van der Waals surface area contributed by atoms with Gasteiger partial charge in [0.25, 0.3) is 0 Å². The first-order valence-electron chi connectivity index (χ1n) is 15.0. The zero-order valence-electron chi connectivity index (χ0n) is 28.8. The van der Waals surface area contributed by atoms with Gasteiger partial charge in [0.2, 0.25) is 0 Å². The summed E-state index contributed by atoms with van der Waals surface area (Å²) in [5.74, 6) is -7.96. The molecule has 0 aromatic heterocycles. The Morgan fingerprint density at radius 3 is 3.13 bits per heavy atom. The van der Waals surface area contributed by atoms with Crippen LogP contribution in [-0.4, -0.2) is 43.3 Å². The molecule has 0 saturated carbocycles. The minimum absolute atomic E-state index is 0.115. The summed E-state index contributed by atoms with van der Waals surface area (Å²) in [6.45, 7) is -7.18. The van der Waals surface area contributed by atoms with Gasteiger partial charge >= 0.3 is 0 Å². The number of nitrogens with zero attached hydrogens (tertiary/aromatic N) is 1. The molecule has 23 heavy (non-hydrogen) atoms. The van der Waals surface area contributed by atoms with Gasteiger partial charge in [0.1, 0.15) is 0 Å². The maximum Gasteiger partial charge on any atom is 0.161 e. The van der Waals surface area contributed by atoms with Gasteiger partial charge in [-0.3, -0.25) is 4.90 Å². The van der Waals surface area contributed by atoms with E-state index in [9.17, 15) is 6.48 Å². The van der Waals surface area contributed by atoms with Crippen molar-refractivity contribution in [1.29, 1.82) is 0 Å². The molecule has 2 aliphatic rings. The minimum atomic E-state index is -4.20. The fourth-order valence-corrected chi connectivity index (χ4v) is 2.64. The average Bonchev–Trinajstić information content (AvgIpc) is 2.75. The highest BCUT2D eigenvalue weighted by Gasteiger charge is 2.38. The summed E-state index contributed by atoms with van der Waals surface area (Å²) < 4.78 is 142. The molecule has 0 spiro atoms. The van der Waals surface area contributed by atoms with Crippen molar-refractivity contribution in [3.8, 4) is 11.5 Å². The Balaban J connectivity index is 2.40. The summed E-state index contributed by atoms with van der Waals surface area (Å²) in [6.07, 6.45) is -12.0. The zero-order valence-corrected chi connectivity index (χ0v) is 12.8. The highest BCUT2D eigenvalue weighted by molar-refractivity contribution is 5.49. The Hall–Kier alpha value is -1.26. The van der Waals surface area contributed by atoms with E-state index in [4.69, 9.17) is 30.0 Å². The summed E-state index contributed by atoms with van der Waals surface area (Å²) in [6, 6.07) is -0.971. The van der Waals surface area contributed by atoms with Crippen molar-refractivity contribution in [1.82, 2.24) is 4.90 Å². The van der Waals surface area contributed by atoms with E-state index in [1.807, 2.05) is 0 Å². The fraction of sp³-hybridized carbons (Fsp3) is 0.684. The van der Waals surface area contributed by atoms with Gasteiger partial charge < -0.3 is 14.6 Å². The minimum Gasteiger partial charge on any atom is -0.493 e. The number of hydrogen-bond acceptors (Lipinski definition) is 4. The number of aliphatic hydroxyl groups is 1. The molecule has 1 N–H and O–H groups in total. The van der Waals surface area contributed by atoms with Crippen LogP contribution in [0.5, 0.6) is 11.5 Å². The van der Waals surface area contributed by atoms with Crippen molar-refractivity contribution >= 4 is 0 Å². The fourth-order valence-electron chi connectivity index (χ4n) is 2.64. The van der Waals surface area contributed by atoms with E-state index < -0.39 is 74.9 Å². The van der Waals surface area contributed by atoms with Crippen LogP contribution < -0.4 is 9.47 Å². The number of benzene rings is 1. The van der Waals surface area contributed by atoms with Gasteiger partial charge in [-0.05, 0) is 54.2 Å². The molecule has 4 nitrogen and oxygen atoms in total. The summed E-state index contributed by atoms with van der Waals surface area (Å²) in [4.78, 5) is 0.400. The normalized spacial score (nSPS) is 56.0. The summed E-state index contributed by atoms with van der Waals surface area (Å²) in [7, 11) is -1.83. The van der Waals surface area contributed by atoms with Crippen LogP contribution in [0.15, 0.2) is 12.1 Å². The molecule has 0 radical (unpaired) electrons. The first kappa shape index (κ1) is 5.92. The predicted octanol–water partition coefficient (Wildman–Crippen LogP) is 3.03. The smallest absolute Gasteiger partial charge is 0.161 e. The van der Waals surface area contributed by atoms with Crippen LogP contribution in [0.3, 0.4) is 0 Å². The van der Waals surface area contributed by atoms with E-state index in [0.717, 1.165) is 6.07 Å². The summed E-state index contributed by atoms with van der Waals surface area (Å²) in [5.41, 5.74) is -0.305. The molecule has 2 heterocycles. The molecule has 0 bridgehead atoms. The Bertz CT molecular complexity index is 1150. The van der Waals surface area contributed by atoms with Crippen molar-refractivity contribution in [2.45, 2.75) is 45.0 Å². The third kappa shape index (κ3) is 3.20. The Morgan fingerprint density at radius 1 is 1.57 bits per heavy atom. The van der Waals surface area contributed by atoms with Gasteiger partial charge in [0.15, 0.2) is 11.5 Å². The molecule has 0 aliphatic carbocycles. The molecule has 0 amide bonds. The second kappa shape index (κ2) is 6.70. The molecule has 4 atom stereocenters. The number of fused-ring (bicyclic) bond motifs is 3. The average molecular weight is 336 g/mol. The van der Waals surface area contributed by atoms with Crippen LogP contribution in [0.4, 0.5) is 0 Å². The van der Waals surface area contributed by atoms with Crippen LogP contribution >= 0.6 is 0 Å². The highest BCUT2D eigenvalue weighted by atomic mass is 16.5. The lowest BCUT2D eigenvalue weighted by Gasteiger charge is -2.46. The largest absolute Gasteiger partial charge is 0.493 e. The first-order valence-corrected chi connectivity index (χ1v) is 7.02. The van der Waals surface area contributed by atoms with E-state index in [0.29, 0.717) is 11.8 Å². The van der Waals surface area contributed by atoms with Crippen molar-refractivity contribution in [2.24, 2.45) is 11.8 Å². The molecule has 1 saturated heterocycles. The molecular weight excluding hydrogens is 290 g/mol. The second-order valence-electron chi connectivity index (χ2n) is 5.22. The first-order chi connectivity index (χ1) is 17.1. The zero-order chi connectivity index (χ0) is 30.6. The Kier molecular flexibility index (Phi) is 1.72. The topological polar surface area (TPSA) is 41.9 Å². The van der Waals surface area contributed by atoms with E-state index >= 15 is 0 Å². The molecule has 4 heteroatoms. The summed E-state index contributed by atoms with van der Waals surface area (Å²) in [5, 5.41) is 11.4. The van der Waals surface area contributed by atoms with Crippen LogP contribution in [0.1, 0.15) is 65.6 Å². The van der Waals surface area contributed by atoms with Gasteiger partial charge in [-0.1, -0.05) is 13.8 Å². The second-order valence-corrected chi connectivity index (χ2v) is 5.22. The van der Waals surface area contributed by atoms with Crippen molar-refractivity contribution in [3.05, 3.63) is 23.3 Å². The monoisotopic (exact) mass is 335 g/mol. The van der Waals surface area contributed by atoms with Crippen LogP contribution in [0, 0.1) is 11.8 Å². The van der Waals surface area contributed by atoms with Crippen molar-refractivity contribution < 1.29 is 36.5 Å².